The zero-order valence-electron chi connectivity index (χ0n) is 12.9. The minimum atomic E-state index is -3.91. The summed E-state index contributed by atoms with van der Waals surface area (Å²) < 4.78 is 27.9. The number of aromatic nitrogens is 2. The third-order valence-corrected chi connectivity index (χ3v) is 4.93. The van der Waals surface area contributed by atoms with Crippen molar-refractivity contribution in [2.24, 2.45) is 0 Å². The van der Waals surface area contributed by atoms with E-state index in [2.05, 4.69) is 9.82 Å². The summed E-state index contributed by atoms with van der Waals surface area (Å²) in [5, 5.41) is 4.91. The molecule has 0 spiro atoms. The number of rotatable bonds is 4. The van der Waals surface area contributed by atoms with E-state index in [1.54, 1.807) is 36.5 Å². The first-order valence-electron chi connectivity index (χ1n) is 7.18. The number of hydrogen-bond donors (Lipinski definition) is 2. The molecule has 124 valence electrons. The molecule has 0 fully saturated rings. The van der Waals surface area contributed by atoms with Crippen molar-refractivity contribution in [2.45, 2.75) is 18.4 Å². The van der Waals surface area contributed by atoms with Crippen LogP contribution < -0.4 is 10.5 Å². The number of benzene rings is 2. The largest absolute Gasteiger partial charge is 0.399 e. The van der Waals surface area contributed by atoms with Gasteiger partial charge in [0.25, 0.3) is 15.9 Å². The number of nitrogens with one attached hydrogen (secondary N) is 1. The molecule has 3 N–H and O–H groups in total. The highest BCUT2D eigenvalue weighted by molar-refractivity contribution is 7.90. The Morgan fingerprint density at radius 3 is 2.62 bits per heavy atom. The highest BCUT2D eigenvalue weighted by atomic mass is 32.2. The van der Waals surface area contributed by atoms with Crippen LogP contribution in [0.25, 0.3) is 10.9 Å². The van der Waals surface area contributed by atoms with E-state index >= 15 is 0 Å². The zero-order chi connectivity index (χ0) is 17.3. The van der Waals surface area contributed by atoms with Crippen molar-refractivity contribution in [1.29, 1.82) is 0 Å². The monoisotopic (exact) mass is 344 g/mol. The first kappa shape index (κ1) is 16.0. The first-order valence-corrected chi connectivity index (χ1v) is 8.67. The van der Waals surface area contributed by atoms with Gasteiger partial charge in [-0.1, -0.05) is 17.7 Å². The maximum absolute atomic E-state index is 12.2. The predicted molar refractivity (Wildman–Crippen MR) is 90.7 cm³/mol. The van der Waals surface area contributed by atoms with Crippen LogP contribution in [0, 0.1) is 6.92 Å². The Bertz CT molecular complexity index is 1010. The minimum absolute atomic E-state index is 0.0380. The van der Waals surface area contributed by atoms with Crippen LogP contribution in [-0.2, 0) is 21.4 Å². The molecule has 0 saturated carbocycles. The van der Waals surface area contributed by atoms with Crippen LogP contribution in [0.5, 0.6) is 0 Å². The Morgan fingerprint density at radius 1 is 1.21 bits per heavy atom. The van der Waals surface area contributed by atoms with Gasteiger partial charge < -0.3 is 5.73 Å². The fourth-order valence-corrected chi connectivity index (χ4v) is 3.28. The minimum Gasteiger partial charge on any atom is -0.399 e. The molecule has 0 aliphatic rings. The van der Waals surface area contributed by atoms with E-state index in [9.17, 15) is 13.2 Å². The lowest BCUT2D eigenvalue weighted by Gasteiger charge is -2.08. The van der Waals surface area contributed by atoms with Gasteiger partial charge >= 0.3 is 0 Å². The highest BCUT2D eigenvalue weighted by Crippen LogP contribution is 2.17. The van der Waals surface area contributed by atoms with Gasteiger partial charge in [0, 0.05) is 11.1 Å². The van der Waals surface area contributed by atoms with Crippen molar-refractivity contribution < 1.29 is 13.2 Å². The predicted octanol–water partition coefficient (Wildman–Crippen LogP) is 1.43. The van der Waals surface area contributed by atoms with Gasteiger partial charge in [-0.15, -0.1) is 0 Å². The van der Waals surface area contributed by atoms with Crippen LogP contribution in [0.15, 0.2) is 53.6 Å². The van der Waals surface area contributed by atoms with E-state index in [1.165, 1.54) is 16.8 Å². The quantitative estimate of drug-likeness (QED) is 0.696. The molecule has 0 aliphatic carbocycles. The molecule has 1 aromatic heterocycles. The average Bonchev–Trinajstić information content (AvgIpc) is 2.89. The molecule has 2 aromatic carbocycles. The lowest BCUT2D eigenvalue weighted by Crippen LogP contribution is -2.33. The lowest BCUT2D eigenvalue weighted by molar-refractivity contribution is -0.120. The van der Waals surface area contributed by atoms with Crippen LogP contribution in [0.3, 0.4) is 0 Å². The van der Waals surface area contributed by atoms with Crippen molar-refractivity contribution in [3.63, 3.8) is 0 Å². The average molecular weight is 344 g/mol. The molecule has 3 aromatic rings. The molecule has 7 nitrogen and oxygen atoms in total. The number of amides is 1. The van der Waals surface area contributed by atoms with Gasteiger partial charge in [0.2, 0.25) is 0 Å². The fourth-order valence-electron chi connectivity index (χ4n) is 2.31. The maximum atomic E-state index is 12.2. The van der Waals surface area contributed by atoms with E-state index in [1.807, 2.05) is 6.92 Å². The number of aryl methyl sites for hydroxylation is 1. The number of nitrogens with two attached hydrogens (primary N) is 1. The standard InChI is InChI=1S/C16H16N4O3S/c1-11-2-6-14(7-3-11)24(22,23)19-16(21)10-20-15-8-13(17)5-4-12(15)9-18-20/h2-9H,10,17H2,1H3,(H,19,21). The first-order chi connectivity index (χ1) is 11.3. The van der Waals surface area contributed by atoms with Crippen molar-refractivity contribution in [3.8, 4) is 0 Å². The Hall–Kier alpha value is -2.87. The van der Waals surface area contributed by atoms with Crippen molar-refractivity contribution >= 4 is 32.5 Å². The molecule has 0 bridgehead atoms. The molecule has 0 atom stereocenters. The van der Waals surface area contributed by atoms with Crippen LogP contribution in [0.2, 0.25) is 0 Å². The Labute approximate surface area is 139 Å². The molecule has 3 rings (SSSR count). The van der Waals surface area contributed by atoms with Crippen LogP contribution >= 0.6 is 0 Å². The summed E-state index contributed by atoms with van der Waals surface area (Å²) >= 11 is 0. The molecule has 0 radical (unpaired) electrons. The topological polar surface area (TPSA) is 107 Å². The fraction of sp³-hybridized carbons (Fsp3) is 0.125. The Balaban J connectivity index is 1.79. The third-order valence-electron chi connectivity index (χ3n) is 3.54. The zero-order valence-corrected chi connectivity index (χ0v) is 13.7. The second-order valence-corrected chi connectivity index (χ2v) is 7.14. The van der Waals surface area contributed by atoms with Gasteiger partial charge in [0.05, 0.1) is 16.6 Å². The normalized spacial score (nSPS) is 11.5. The number of hydrogen-bond acceptors (Lipinski definition) is 5. The van der Waals surface area contributed by atoms with Gasteiger partial charge in [-0.2, -0.15) is 5.10 Å². The summed E-state index contributed by atoms with van der Waals surface area (Å²) in [6, 6.07) is 11.4. The van der Waals surface area contributed by atoms with Crippen molar-refractivity contribution in [3.05, 3.63) is 54.2 Å². The number of nitrogen functional groups attached to an aromatic ring is 1. The van der Waals surface area contributed by atoms with E-state index in [0.717, 1.165) is 10.9 Å². The van der Waals surface area contributed by atoms with E-state index in [4.69, 9.17) is 5.73 Å². The molecular formula is C16H16N4O3S. The van der Waals surface area contributed by atoms with Crippen LogP contribution in [-0.4, -0.2) is 24.1 Å². The smallest absolute Gasteiger partial charge is 0.264 e. The Kier molecular flexibility index (Phi) is 3.98. The summed E-state index contributed by atoms with van der Waals surface area (Å²) in [4.78, 5) is 12.2. The second-order valence-electron chi connectivity index (χ2n) is 5.46. The molecule has 8 heteroatoms. The van der Waals surface area contributed by atoms with Gasteiger partial charge in [0.1, 0.15) is 6.54 Å². The number of sulfonamides is 1. The number of nitrogens with zero attached hydrogens (tertiary/aromatic N) is 2. The van der Waals surface area contributed by atoms with Crippen LogP contribution in [0.4, 0.5) is 5.69 Å². The van der Waals surface area contributed by atoms with Crippen LogP contribution in [0.1, 0.15) is 5.56 Å². The summed E-state index contributed by atoms with van der Waals surface area (Å²) in [5.41, 5.74) is 7.87. The molecule has 24 heavy (non-hydrogen) atoms. The number of anilines is 1. The van der Waals surface area contributed by atoms with Gasteiger partial charge in [-0.05, 0) is 37.3 Å². The van der Waals surface area contributed by atoms with E-state index < -0.39 is 15.9 Å². The number of carbonyl (C=O) groups excluding carboxylic acids is 1. The number of carbonyl (C=O) groups is 1. The summed E-state index contributed by atoms with van der Waals surface area (Å²) in [5.74, 6) is -0.678. The lowest BCUT2D eigenvalue weighted by atomic mass is 10.2. The van der Waals surface area contributed by atoms with E-state index in [-0.39, 0.29) is 11.4 Å². The van der Waals surface area contributed by atoms with E-state index in [0.29, 0.717) is 11.2 Å². The van der Waals surface area contributed by atoms with Gasteiger partial charge in [0.15, 0.2) is 0 Å². The molecule has 0 saturated heterocycles. The van der Waals surface area contributed by atoms with Crippen molar-refractivity contribution in [2.75, 3.05) is 5.73 Å². The van der Waals surface area contributed by atoms with Crippen molar-refractivity contribution in [1.82, 2.24) is 14.5 Å². The third kappa shape index (κ3) is 3.23. The number of fused-ring (bicyclic) bond motifs is 1. The maximum Gasteiger partial charge on any atom is 0.264 e. The Morgan fingerprint density at radius 2 is 1.92 bits per heavy atom. The molecule has 0 aliphatic heterocycles. The molecule has 1 amide bonds. The van der Waals surface area contributed by atoms with Gasteiger partial charge in [-0.25, -0.2) is 13.1 Å². The summed E-state index contributed by atoms with van der Waals surface area (Å²) in [6.45, 7) is 1.63. The second kappa shape index (κ2) is 5.97. The highest BCUT2D eigenvalue weighted by Gasteiger charge is 2.18. The molecular weight excluding hydrogens is 328 g/mol. The summed E-state index contributed by atoms with van der Waals surface area (Å²) in [7, 11) is -3.91. The SMILES string of the molecule is Cc1ccc(S(=O)(=O)NC(=O)Cn2ncc3ccc(N)cc32)cc1. The van der Waals surface area contributed by atoms with Gasteiger partial charge in [-0.3, -0.25) is 9.48 Å². The summed E-state index contributed by atoms with van der Waals surface area (Å²) in [6.07, 6.45) is 1.59. The molecule has 1 heterocycles. The molecule has 0 unspecified atom stereocenters.